The van der Waals surface area contributed by atoms with Gasteiger partial charge in [0.1, 0.15) is 18.0 Å². The van der Waals surface area contributed by atoms with Gasteiger partial charge in [-0.25, -0.2) is 0 Å². The van der Waals surface area contributed by atoms with Gasteiger partial charge in [-0.2, -0.15) is 0 Å². The van der Waals surface area contributed by atoms with E-state index in [0.29, 0.717) is 6.61 Å². The maximum Gasteiger partial charge on any atom is 0.256 e. The maximum absolute atomic E-state index is 12.7. The number of ether oxygens (including phenoxy) is 2. The maximum atomic E-state index is 12.7. The third-order valence-corrected chi connectivity index (χ3v) is 5.92. The first-order valence-corrected chi connectivity index (χ1v) is 11.2. The number of methoxy groups -OCH3 is 1. The van der Waals surface area contributed by atoms with Gasteiger partial charge >= 0.3 is 0 Å². The number of anilines is 1. The van der Waals surface area contributed by atoms with Gasteiger partial charge in [0.25, 0.3) is 5.91 Å². The molecule has 1 aromatic carbocycles. The van der Waals surface area contributed by atoms with E-state index in [1.54, 1.807) is 7.11 Å². The average molecular weight is 405 g/mol. The first-order chi connectivity index (χ1) is 13.9. The highest BCUT2D eigenvalue weighted by Crippen LogP contribution is 2.23. The Hall–Kier alpha value is -1.59. The summed E-state index contributed by atoms with van der Waals surface area (Å²) in [5.74, 6) is 2.26. The number of likely N-dealkylation sites (tertiary alicyclic amines) is 1. The lowest BCUT2D eigenvalue weighted by atomic mass is 9.92. The molecule has 5 heteroatoms. The molecule has 0 saturated carbocycles. The number of hydrogen-bond acceptors (Lipinski definition) is 4. The highest BCUT2D eigenvalue weighted by atomic mass is 16.5. The van der Waals surface area contributed by atoms with Crippen molar-refractivity contribution < 1.29 is 14.3 Å². The van der Waals surface area contributed by atoms with Crippen molar-refractivity contribution in [2.45, 2.75) is 65.4 Å². The molecule has 1 aliphatic heterocycles. The van der Waals surface area contributed by atoms with Crippen LogP contribution < -0.4 is 10.1 Å². The summed E-state index contributed by atoms with van der Waals surface area (Å²) in [4.78, 5) is 15.2. The van der Waals surface area contributed by atoms with Gasteiger partial charge < -0.3 is 14.8 Å². The summed E-state index contributed by atoms with van der Waals surface area (Å²) < 4.78 is 11.4. The van der Waals surface area contributed by atoms with Crippen LogP contribution in [0.25, 0.3) is 0 Å². The Morgan fingerprint density at radius 1 is 1.17 bits per heavy atom. The smallest absolute Gasteiger partial charge is 0.256 e. The summed E-state index contributed by atoms with van der Waals surface area (Å²) in [5.41, 5.74) is -0.0349. The number of amides is 1. The van der Waals surface area contributed by atoms with Crippen molar-refractivity contribution >= 4 is 11.6 Å². The Balaban J connectivity index is 1.79. The number of unbranched alkanes of at least 4 members (excludes halogenated alkanes) is 2. The number of nitrogens with one attached hydrogen (secondary N) is 1. The van der Waals surface area contributed by atoms with Crippen LogP contribution in [0, 0.1) is 11.8 Å². The summed E-state index contributed by atoms with van der Waals surface area (Å²) in [6, 6.07) is 7.61. The topological polar surface area (TPSA) is 50.8 Å². The summed E-state index contributed by atoms with van der Waals surface area (Å²) in [7, 11) is 1.60. The molecule has 2 rings (SSSR count). The molecule has 1 N–H and O–H groups in total. The molecule has 1 fully saturated rings. The van der Waals surface area contributed by atoms with Gasteiger partial charge in [-0.1, -0.05) is 40.0 Å². The van der Waals surface area contributed by atoms with E-state index in [4.69, 9.17) is 9.47 Å². The van der Waals surface area contributed by atoms with Gasteiger partial charge in [0.05, 0.1) is 0 Å². The Morgan fingerprint density at radius 2 is 1.83 bits per heavy atom. The largest absolute Gasteiger partial charge is 0.492 e. The number of carbonyl (C=O) groups excluding carboxylic acids is 1. The lowest BCUT2D eigenvalue weighted by Gasteiger charge is -2.34. The van der Waals surface area contributed by atoms with Crippen LogP contribution >= 0.6 is 0 Å². The third-order valence-electron chi connectivity index (χ3n) is 5.92. The van der Waals surface area contributed by atoms with E-state index >= 15 is 0 Å². The molecule has 0 radical (unpaired) electrons. The van der Waals surface area contributed by atoms with Crippen LogP contribution in [0.5, 0.6) is 5.75 Å². The van der Waals surface area contributed by atoms with Crippen LogP contribution in [0.2, 0.25) is 0 Å². The van der Waals surface area contributed by atoms with Gasteiger partial charge in [0.2, 0.25) is 0 Å². The number of rotatable bonds is 11. The van der Waals surface area contributed by atoms with E-state index in [9.17, 15) is 4.79 Å². The van der Waals surface area contributed by atoms with Crippen LogP contribution in [0.3, 0.4) is 0 Å². The molecule has 5 nitrogen and oxygen atoms in total. The summed E-state index contributed by atoms with van der Waals surface area (Å²) in [5, 5.41) is 2.98. The van der Waals surface area contributed by atoms with Gasteiger partial charge in [-0.3, -0.25) is 9.69 Å². The first-order valence-electron chi connectivity index (χ1n) is 11.2. The zero-order valence-electron chi connectivity index (χ0n) is 19.0. The van der Waals surface area contributed by atoms with Crippen LogP contribution in [-0.4, -0.2) is 49.8 Å². The highest BCUT2D eigenvalue weighted by Gasteiger charge is 2.32. The zero-order chi connectivity index (χ0) is 21.3. The molecule has 1 saturated heterocycles. The second kappa shape index (κ2) is 11.6. The van der Waals surface area contributed by atoms with Crippen LogP contribution in [-0.2, 0) is 9.53 Å². The monoisotopic (exact) mass is 404 g/mol. The predicted octanol–water partition coefficient (Wildman–Crippen LogP) is 4.97. The number of carbonyl (C=O) groups is 1. The number of piperidine rings is 1. The summed E-state index contributed by atoms with van der Waals surface area (Å²) >= 11 is 0. The molecule has 1 amide bonds. The van der Waals surface area contributed by atoms with E-state index in [0.717, 1.165) is 68.6 Å². The van der Waals surface area contributed by atoms with E-state index in [2.05, 4.69) is 31.0 Å². The second-order valence-corrected chi connectivity index (χ2v) is 8.92. The molecule has 1 aliphatic rings. The van der Waals surface area contributed by atoms with Crippen LogP contribution in [0.4, 0.5) is 5.69 Å². The first kappa shape index (κ1) is 23.7. The molecule has 164 valence electrons. The molecule has 1 aromatic rings. The van der Waals surface area contributed by atoms with Gasteiger partial charge in [0.15, 0.2) is 0 Å². The van der Waals surface area contributed by atoms with E-state index < -0.39 is 5.60 Å². The molecular weight excluding hydrogens is 364 g/mol. The van der Waals surface area contributed by atoms with E-state index in [1.165, 1.54) is 6.42 Å². The van der Waals surface area contributed by atoms with Crippen molar-refractivity contribution in [1.82, 2.24) is 4.90 Å². The van der Waals surface area contributed by atoms with Gasteiger partial charge in [0, 0.05) is 32.4 Å². The van der Waals surface area contributed by atoms with E-state index in [1.807, 2.05) is 31.2 Å². The van der Waals surface area contributed by atoms with Crippen molar-refractivity contribution in [3.63, 3.8) is 0 Å². The van der Waals surface area contributed by atoms with Crippen LogP contribution in [0.15, 0.2) is 24.3 Å². The number of benzene rings is 1. The summed E-state index contributed by atoms with van der Waals surface area (Å²) in [6.07, 6.45) is 5.26. The number of nitrogens with zero attached hydrogens (tertiary/aromatic N) is 1. The molecule has 0 bridgehead atoms. The quantitative estimate of drug-likeness (QED) is 0.529. The van der Waals surface area contributed by atoms with Crippen molar-refractivity contribution in [3.8, 4) is 5.75 Å². The Morgan fingerprint density at radius 3 is 2.41 bits per heavy atom. The third kappa shape index (κ3) is 7.63. The normalized spacial score (nSPS) is 22.1. The van der Waals surface area contributed by atoms with Crippen molar-refractivity contribution in [2.75, 3.05) is 38.7 Å². The Labute approximate surface area is 177 Å². The minimum atomic E-state index is -0.799. The van der Waals surface area contributed by atoms with Gasteiger partial charge in [-0.05, 0) is 55.9 Å². The molecule has 0 unspecified atom stereocenters. The molecular formula is C24H40N2O3. The Kier molecular flexibility index (Phi) is 9.44. The SMILES string of the molecule is CCCCC[C@](C)(OC)C(=O)Nc1ccc(OCCN2C[C@@H](C)C[C@H](C)C2)cc1. The predicted molar refractivity (Wildman–Crippen MR) is 120 cm³/mol. The molecule has 1 heterocycles. The van der Waals surface area contributed by atoms with Crippen molar-refractivity contribution in [2.24, 2.45) is 11.8 Å². The van der Waals surface area contributed by atoms with Crippen molar-refractivity contribution in [1.29, 1.82) is 0 Å². The highest BCUT2D eigenvalue weighted by molar-refractivity contribution is 5.97. The standard InChI is InChI=1S/C24H40N2O3/c1-6-7-8-13-24(4,28-5)23(27)25-21-9-11-22(12-10-21)29-15-14-26-17-19(2)16-20(3)18-26/h9-12,19-20H,6-8,13-18H2,1-5H3,(H,25,27)/t19-,20-,24-/m0/s1. The fourth-order valence-electron chi connectivity index (χ4n) is 4.19. The average Bonchev–Trinajstić information content (AvgIpc) is 2.68. The fraction of sp³-hybridized carbons (Fsp3) is 0.708. The minimum absolute atomic E-state index is 0.0990. The molecule has 29 heavy (non-hydrogen) atoms. The molecule has 0 aliphatic carbocycles. The second-order valence-electron chi connectivity index (χ2n) is 8.92. The van der Waals surface area contributed by atoms with E-state index in [-0.39, 0.29) is 5.91 Å². The molecule has 0 aromatic heterocycles. The Bertz CT molecular complexity index is 609. The molecule has 3 atom stereocenters. The minimum Gasteiger partial charge on any atom is -0.492 e. The lowest BCUT2D eigenvalue weighted by Crippen LogP contribution is -2.41. The van der Waals surface area contributed by atoms with Crippen molar-refractivity contribution in [3.05, 3.63) is 24.3 Å². The number of hydrogen-bond donors (Lipinski definition) is 1. The fourth-order valence-corrected chi connectivity index (χ4v) is 4.19. The van der Waals surface area contributed by atoms with Crippen LogP contribution in [0.1, 0.15) is 59.8 Å². The zero-order valence-corrected chi connectivity index (χ0v) is 19.0. The molecule has 0 spiro atoms. The van der Waals surface area contributed by atoms with Gasteiger partial charge in [-0.15, -0.1) is 0 Å². The summed E-state index contributed by atoms with van der Waals surface area (Å²) in [6.45, 7) is 12.6. The lowest BCUT2D eigenvalue weighted by molar-refractivity contribution is -0.136.